The third kappa shape index (κ3) is 5.51. The van der Waals surface area contributed by atoms with Gasteiger partial charge in [0.2, 0.25) is 10.0 Å². The smallest absolute Gasteiger partial charge is 0.243 e. The van der Waals surface area contributed by atoms with Crippen LogP contribution < -0.4 is 10.0 Å². The van der Waals surface area contributed by atoms with E-state index in [0.717, 1.165) is 25.8 Å². The second-order valence-corrected chi connectivity index (χ2v) is 6.91. The van der Waals surface area contributed by atoms with Gasteiger partial charge in [-0.3, -0.25) is 4.68 Å². The molecule has 0 spiro atoms. The van der Waals surface area contributed by atoms with E-state index in [0.29, 0.717) is 26.3 Å². The second-order valence-electron chi connectivity index (χ2n) is 5.15. The largest absolute Gasteiger partial charge is 0.381 e. The zero-order chi connectivity index (χ0) is 15.1. The van der Waals surface area contributed by atoms with Gasteiger partial charge in [-0.1, -0.05) is 6.92 Å². The third-order valence-electron chi connectivity index (χ3n) is 3.47. The van der Waals surface area contributed by atoms with Crippen LogP contribution in [0.1, 0.15) is 32.2 Å². The molecular formula is C13H25ClN4O3S. The van der Waals surface area contributed by atoms with E-state index in [1.54, 1.807) is 10.9 Å². The first-order chi connectivity index (χ1) is 10.1. The Kier molecular flexibility index (Phi) is 8.34. The Balaban J connectivity index is 0.00000242. The maximum absolute atomic E-state index is 12.1. The van der Waals surface area contributed by atoms with Crippen LogP contribution in [0.3, 0.4) is 0 Å². The summed E-state index contributed by atoms with van der Waals surface area (Å²) >= 11 is 0. The lowest BCUT2D eigenvalue weighted by atomic mass is 10.1. The normalized spacial score (nSPS) is 16.4. The molecule has 0 aliphatic carbocycles. The van der Waals surface area contributed by atoms with Gasteiger partial charge in [0, 0.05) is 32.5 Å². The number of aromatic nitrogens is 2. The molecule has 1 saturated heterocycles. The van der Waals surface area contributed by atoms with Gasteiger partial charge in [-0.05, 0) is 25.8 Å². The molecule has 1 aromatic heterocycles. The van der Waals surface area contributed by atoms with Crippen molar-refractivity contribution in [2.24, 2.45) is 0 Å². The fraction of sp³-hybridized carbons (Fsp3) is 0.769. The summed E-state index contributed by atoms with van der Waals surface area (Å²) in [4.78, 5) is 0.226. The number of halogens is 1. The summed E-state index contributed by atoms with van der Waals surface area (Å²) in [5.41, 5.74) is 0. The van der Waals surface area contributed by atoms with Crippen LogP contribution in [0.2, 0.25) is 0 Å². The summed E-state index contributed by atoms with van der Waals surface area (Å²) in [6, 6.07) is 0.230. The fourth-order valence-electron chi connectivity index (χ4n) is 2.27. The molecule has 0 bridgehead atoms. The van der Waals surface area contributed by atoms with Crippen LogP contribution in [0.25, 0.3) is 0 Å². The predicted octanol–water partition coefficient (Wildman–Crippen LogP) is 0.934. The number of nitrogens with zero attached hydrogens (tertiary/aromatic N) is 2. The van der Waals surface area contributed by atoms with Crippen molar-refractivity contribution in [3.63, 3.8) is 0 Å². The number of nitrogens with one attached hydrogen (secondary N) is 2. The molecule has 1 aliphatic heterocycles. The van der Waals surface area contributed by atoms with Crippen molar-refractivity contribution in [1.82, 2.24) is 19.8 Å². The highest BCUT2D eigenvalue weighted by atomic mass is 35.5. The lowest BCUT2D eigenvalue weighted by Gasteiger charge is -2.22. The van der Waals surface area contributed by atoms with Gasteiger partial charge < -0.3 is 10.1 Å². The molecule has 0 amide bonds. The number of sulfonamides is 1. The highest BCUT2D eigenvalue weighted by Crippen LogP contribution is 2.21. The molecule has 9 heteroatoms. The SMILES string of the molecule is CCCNCCNS(=O)(=O)c1cnn(C2CCOCC2)c1.Cl. The molecular weight excluding hydrogens is 328 g/mol. The van der Waals surface area contributed by atoms with E-state index in [1.165, 1.54) is 6.20 Å². The summed E-state index contributed by atoms with van der Waals surface area (Å²) in [7, 11) is -3.47. The van der Waals surface area contributed by atoms with Crippen LogP contribution in [-0.2, 0) is 14.8 Å². The van der Waals surface area contributed by atoms with E-state index in [4.69, 9.17) is 4.74 Å². The van der Waals surface area contributed by atoms with Gasteiger partial charge in [0.1, 0.15) is 4.90 Å². The first kappa shape index (κ1) is 19.4. The van der Waals surface area contributed by atoms with Crippen LogP contribution in [0.5, 0.6) is 0 Å². The van der Waals surface area contributed by atoms with Crippen molar-refractivity contribution in [2.45, 2.75) is 37.1 Å². The standard InChI is InChI=1S/C13H24N4O3S.ClH/c1-2-5-14-6-7-16-21(18,19)13-10-15-17(11-13)12-3-8-20-9-4-12;/h10-12,14,16H,2-9H2,1H3;1H. The van der Waals surface area contributed by atoms with Crippen LogP contribution >= 0.6 is 12.4 Å². The molecule has 0 saturated carbocycles. The van der Waals surface area contributed by atoms with Gasteiger partial charge in [0.05, 0.1) is 12.2 Å². The van der Waals surface area contributed by atoms with Crippen molar-refractivity contribution in [3.05, 3.63) is 12.4 Å². The molecule has 1 fully saturated rings. The van der Waals surface area contributed by atoms with E-state index in [9.17, 15) is 8.42 Å². The number of hydrogen-bond donors (Lipinski definition) is 2. The lowest BCUT2D eigenvalue weighted by Crippen LogP contribution is -2.32. The van der Waals surface area contributed by atoms with Gasteiger partial charge in [0.25, 0.3) is 0 Å². The topological polar surface area (TPSA) is 85.3 Å². The third-order valence-corrected chi connectivity index (χ3v) is 4.89. The predicted molar refractivity (Wildman–Crippen MR) is 86.9 cm³/mol. The molecule has 0 radical (unpaired) electrons. The summed E-state index contributed by atoms with van der Waals surface area (Å²) in [5, 5.41) is 7.34. The molecule has 0 aromatic carbocycles. The van der Waals surface area contributed by atoms with Crippen LogP contribution in [0, 0.1) is 0 Å². The molecule has 128 valence electrons. The minimum absolute atomic E-state index is 0. The van der Waals surface area contributed by atoms with Crippen molar-refractivity contribution in [1.29, 1.82) is 0 Å². The van der Waals surface area contributed by atoms with E-state index < -0.39 is 10.0 Å². The van der Waals surface area contributed by atoms with Crippen molar-refractivity contribution in [3.8, 4) is 0 Å². The van der Waals surface area contributed by atoms with E-state index >= 15 is 0 Å². The number of rotatable bonds is 8. The van der Waals surface area contributed by atoms with Gasteiger partial charge in [0.15, 0.2) is 0 Å². The Bertz CT molecular complexity index is 529. The Morgan fingerprint density at radius 1 is 1.32 bits per heavy atom. The molecule has 22 heavy (non-hydrogen) atoms. The minimum atomic E-state index is -3.47. The Hall–Kier alpha value is -0.670. The van der Waals surface area contributed by atoms with Crippen LogP contribution in [0.15, 0.2) is 17.3 Å². The van der Waals surface area contributed by atoms with E-state index in [2.05, 4.69) is 22.1 Å². The van der Waals surface area contributed by atoms with Gasteiger partial charge >= 0.3 is 0 Å². The lowest BCUT2D eigenvalue weighted by molar-refractivity contribution is 0.0662. The van der Waals surface area contributed by atoms with Crippen LogP contribution in [-0.4, -0.2) is 51.0 Å². The number of ether oxygens (including phenoxy) is 1. The maximum atomic E-state index is 12.1. The fourth-order valence-corrected chi connectivity index (χ4v) is 3.24. The average Bonchev–Trinajstić information content (AvgIpc) is 2.99. The molecule has 0 atom stereocenters. The van der Waals surface area contributed by atoms with Crippen LogP contribution in [0.4, 0.5) is 0 Å². The summed E-state index contributed by atoms with van der Waals surface area (Å²) < 4.78 is 33.9. The summed E-state index contributed by atoms with van der Waals surface area (Å²) in [5.74, 6) is 0. The molecule has 1 aromatic rings. The monoisotopic (exact) mass is 352 g/mol. The minimum Gasteiger partial charge on any atom is -0.381 e. The highest BCUT2D eigenvalue weighted by Gasteiger charge is 2.20. The van der Waals surface area contributed by atoms with E-state index in [1.807, 2.05) is 0 Å². The van der Waals surface area contributed by atoms with Gasteiger partial charge in [-0.2, -0.15) is 5.10 Å². The Morgan fingerprint density at radius 3 is 2.73 bits per heavy atom. The summed E-state index contributed by atoms with van der Waals surface area (Å²) in [6.45, 7) is 5.37. The number of hydrogen-bond acceptors (Lipinski definition) is 5. The average molecular weight is 353 g/mol. The Morgan fingerprint density at radius 2 is 2.05 bits per heavy atom. The second kappa shape index (κ2) is 9.46. The summed E-state index contributed by atoms with van der Waals surface area (Å²) in [6.07, 6.45) is 5.80. The zero-order valence-corrected chi connectivity index (χ0v) is 14.5. The van der Waals surface area contributed by atoms with Crippen molar-refractivity contribution < 1.29 is 13.2 Å². The van der Waals surface area contributed by atoms with E-state index in [-0.39, 0.29) is 23.3 Å². The first-order valence-electron chi connectivity index (χ1n) is 7.46. The molecule has 2 heterocycles. The molecule has 7 nitrogen and oxygen atoms in total. The molecule has 1 aliphatic rings. The first-order valence-corrected chi connectivity index (χ1v) is 8.94. The zero-order valence-electron chi connectivity index (χ0n) is 12.8. The van der Waals surface area contributed by atoms with Gasteiger partial charge in [-0.25, -0.2) is 13.1 Å². The maximum Gasteiger partial charge on any atom is 0.243 e. The van der Waals surface area contributed by atoms with Crippen molar-refractivity contribution in [2.75, 3.05) is 32.8 Å². The molecule has 0 unspecified atom stereocenters. The van der Waals surface area contributed by atoms with Gasteiger partial charge in [-0.15, -0.1) is 12.4 Å². The highest BCUT2D eigenvalue weighted by molar-refractivity contribution is 7.89. The quantitative estimate of drug-likeness (QED) is 0.680. The molecule has 2 N–H and O–H groups in total. The Labute approximate surface area is 138 Å². The molecule has 2 rings (SSSR count). The van der Waals surface area contributed by atoms with Crippen molar-refractivity contribution >= 4 is 22.4 Å².